The number of piperazine rings is 1. The first-order valence-electron chi connectivity index (χ1n) is 7.39. The van der Waals surface area contributed by atoms with Gasteiger partial charge in [0, 0.05) is 45.3 Å². The maximum atomic E-state index is 3.67. The van der Waals surface area contributed by atoms with Crippen LogP contribution in [0, 0.1) is 10.8 Å². The Balaban J connectivity index is 2.28. The number of rotatable bonds is 5. The molecule has 1 unspecified atom stereocenters. The molecule has 3 nitrogen and oxygen atoms in total. The van der Waals surface area contributed by atoms with Crippen molar-refractivity contribution in [3.8, 4) is 0 Å². The van der Waals surface area contributed by atoms with Crippen LogP contribution in [0.15, 0.2) is 0 Å². The lowest BCUT2D eigenvalue weighted by Gasteiger charge is -2.40. The molecular weight excluding hydrogens is 222 g/mol. The van der Waals surface area contributed by atoms with E-state index in [1.54, 1.807) is 0 Å². The third-order valence-electron chi connectivity index (χ3n) is 4.81. The molecule has 0 saturated carbocycles. The average molecular weight is 255 g/mol. The Morgan fingerprint density at radius 1 is 1.11 bits per heavy atom. The van der Waals surface area contributed by atoms with Gasteiger partial charge in [-0.3, -0.25) is 4.90 Å². The predicted octanol–water partition coefficient (Wildman–Crippen LogP) is 1.94. The summed E-state index contributed by atoms with van der Waals surface area (Å²) in [6.07, 6.45) is 0. The molecule has 0 aromatic heterocycles. The fourth-order valence-corrected chi connectivity index (χ4v) is 2.11. The van der Waals surface area contributed by atoms with Crippen molar-refractivity contribution in [2.45, 2.75) is 47.6 Å². The van der Waals surface area contributed by atoms with E-state index in [1.807, 2.05) is 0 Å². The van der Waals surface area contributed by atoms with E-state index < -0.39 is 0 Å². The van der Waals surface area contributed by atoms with Crippen LogP contribution in [-0.2, 0) is 0 Å². The number of nitrogens with zero attached hydrogens (tertiary/aromatic N) is 1. The van der Waals surface area contributed by atoms with Crippen LogP contribution in [0.25, 0.3) is 0 Å². The Bertz CT molecular complexity index is 237. The predicted molar refractivity (Wildman–Crippen MR) is 80.0 cm³/mol. The minimum absolute atomic E-state index is 0.330. The quantitative estimate of drug-likeness (QED) is 0.786. The SMILES string of the molecule is CC(CNCC(C)(C)C(C)(C)C)N1CCNCC1. The molecule has 108 valence electrons. The van der Waals surface area contributed by atoms with Crippen LogP contribution in [0.2, 0.25) is 0 Å². The second kappa shape index (κ2) is 6.36. The molecule has 0 amide bonds. The van der Waals surface area contributed by atoms with Gasteiger partial charge in [-0.2, -0.15) is 0 Å². The van der Waals surface area contributed by atoms with Crippen LogP contribution in [0.1, 0.15) is 41.5 Å². The Kier molecular flexibility index (Phi) is 5.63. The van der Waals surface area contributed by atoms with Crippen LogP contribution in [0.4, 0.5) is 0 Å². The van der Waals surface area contributed by atoms with Crippen molar-refractivity contribution in [1.82, 2.24) is 15.5 Å². The molecular formula is C15H33N3. The molecule has 1 saturated heterocycles. The van der Waals surface area contributed by atoms with Crippen LogP contribution >= 0.6 is 0 Å². The molecule has 1 atom stereocenters. The normalized spacial score (nSPS) is 21.0. The summed E-state index contributed by atoms with van der Waals surface area (Å²) in [6.45, 7) is 20.9. The second-order valence-electron chi connectivity index (χ2n) is 7.40. The lowest BCUT2D eigenvalue weighted by Crippen LogP contribution is -2.51. The summed E-state index contributed by atoms with van der Waals surface area (Å²) in [5.74, 6) is 0. The highest BCUT2D eigenvalue weighted by Crippen LogP contribution is 2.36. The fourth-order valence-electron chi connectivity index (χ4n) is 2.11. The lowest BCUT2D eigenvalue weighted by molar-refractivity contribution is 0.120. The van der Waals surface area contributed by atoms with Crippen LogP contribution in [-0.4, -0.2) is 50.2 Å². The summed E-state index contributed by atoms with van der Waals surface area (Å²) < 4.78 is 0. The number of nitrogens with one attached hydrogen (secondary N) is 2. The minimum atomic E-state index is 0.330. The fraction of sp³-hybridized carbons (Fsp3) is 1.00. The van der Waals surface area contributed by atoms with Crippen LogP contribution in [0.5, 0.6) is 0 Å². The zero-order valence-electron chi connectivity index (χ0n) is 13.3. The topological polar surface area (TPSA) is 27.3 Å². The summed E-state index contributed by atoms with van der Waals surface area (Å²) >= 11 is 0. The van der Waals surface area contributed by atoms with E-state index in [1.165, 1.54) is 13.1 Å². The summed E-state index contributed by atoms with van der Waals surface area (Å²) in [5.41, 5.74) is 0.675. The first kappa shape index (κ1) is 15.9. The molecule has 0 aromatic carbocycles. The Morgan fingerprint density at radius 2 is 1.67 bits per heavy atom. The molecule has 2 N–H and O–H groups in total. The van der Waals surface area contributed by atoms with Crippen molar-refractivity contribution in [1.29, 1.82) is 0 Å². The van der Waals surface area contributed by atoms with Gasteiger partial charge in [-0.15, -0.1) is 0 Å². The molecule has 1 aliphatic rings. The third kappa shape index (κ3) is 4.52. The van der Waals surface area contributed by atoms with E-state index >= 15 is 0 Å². The first-order valence-corrected chi connectivity index (χ1v) is 7.39. The van der Waals surface area contributed by atoms with E-state index in [0.717, 1.165) is 26.2 Å². The molecule has 18 heavy (non-hydrogen) atoms. The Morgan fingerprint density at radius 3 is 2.17 bits per heavy atom. The maximum absolute atomic E-state index is 3.67. The highest BCUT2D eigenvalue weighted by molar-refractivity contribution is 4.85. The molecule has 0 bridgehead atoms. The average Bonchev–Trinajstić information content (AvgIpc) is 2.28. The van der Waals surface area contributed by atoms with Gasteiger partial charge in [-0.1, -0.05) is 34.6 Å². The molecule has 1 rings (SSSR count). The third-order valence-corrected chi connectivity index (χ3v) is 4.81. The Hall–Kier alpha value is -0.120. The molecule has 1 aliphatic heterocycles. The van der Waals surface area contributed by atoms with E-state index in [-0.39, 0.29) is 0 Å². The van der Waals surface area contributed by atoms with Gasteiger partial charge in [0.25, 0.3) is 0 Å². The molecule has 1 heterocycles. The molecule has 3 heteroatoms. The number of hydrogen-bond donors (Lipinski definition) is 2. The summed E-state index contributed by atoms with van der Waals surface area (Å²) in [7, 11) is 0. The van der Waals surface area contributed by atoms with Crippen LogP contribution < -0.4 is 10.6 Å². The molecule has 0 aromatic rings. The van der Waals surface area contributed by atoms with Gasteiger partial charge < -0.3 is 10.6 Å². The van der Waals surface area contributed by atoms with Gasteiger partial charge in [0.2, 0.25) is 0 Å². The highest BCUT2D eigenvalue weighted by Gasteiger charge is 2.32. The minimum Gasteiger partial charge on any atom is -0.315 e. The molecule has 0 aliphatic carbocycles. The standard InChI is InChI=1S/C15H33N3/c1-13(18-9-7-16-8-10-18)11-17-12-15(5,6)14(2,3)4/h13,16-17H,7-12H2,1-6H3. The zero-order valence-corrected chi connectivity index (χ0v) is 13.3. The zero-order chi connectivity index (χ0) is 13.8. The monoisotopic (exact) mass is 255 g/mol. The van der Waals surface area contributed by atoms with Crippen molar-refractivity contribution in [3.05, 3.63) is 0 Å². The van der Waals surface area contributed by atoms with Crippen molar-refractivity contribution >= 4 is 0 Å². The van der Waals surface area contributed by atoms with Crippen LogP contribution in [0.3, 0.4) is 0 Å². The van der Waals surface area contributed by atoms with Gasteiger partial charge in [0.15, 0.2) is 0 Å². The van der Waals surface area contributed by atoms with Crippen molar-refractivity contribution in [3.63, 3.8) is 0 Å². The maximum Gasteiger partial charge on any atom is 0.0193 e. The molecule has 0 spiro atoms. The molecule has 1 fully saturated rings. The van der Waals surface area contributed by atoms with E-state index in [9.17, 15) is 0 Å². The first-order chi connectivity index (χ1) is 8.24. The lowest BCUT2D eigenvalue weighted by atomic mass is 9.69. The van der Waals surface area contributed by atoms with E-state index in [0.29, 0.717) is 16.9 Å². The molecule has 0 radical (unpaired) electrons. The van der Waals surface area contributed by atoms with Gasteiger partial charge in [-0.25, -0.2) is 0 Å². The van der Waals surface area contributed by atoms with Gasteiger partial charge >= 0.3 is 0 Å². The summed E-state index contributed by atoms with van der Waals surface area (Å²) in [4.78, 5) is 2.58. The van der Waals surface area contributed by atoms with Gasteiger partial charge in [0.1, 0.15) is 0 Å². The number of hydrogen-bond acceptors (Lipinski definition) is 3. The van der Waals surface area contributed by atoms with Gasteiger partial charge in [0.05, 0.1) is 0 Å². The van der Waals surface area contributed by atoms with Crippen molar-refractivity contribution in [2.24, 2.45) is 10.8 Å². The second-order valence-corrected chi connectivity index (χ2v) is 7.40. The summed E-state index contributed by atoms with van der Waals surface area (Å²) in [5, 5.41) is 7.07. The highest BCUT2D eigenvalue weighted by atomic mass is 15.2. The Labute approximate surface area is 114 Å². The van der Waals surface area contributed by atoms with Crippen molar-refractivity contribution in [2.75, 3.05) is 39.3 Å². The largest absolute Gasteiger partial charge is 0.315 e. The van der Waals surface area contributed by atoms with Crippen molar-refractivity contribution < 1.29 is 0 Å². The smallest absolute Gasteiger partial charge is 0.0193 e. The van der Waals surface area contributed by atoms with E-state index in [2.05, 4.69) is 57.1 Å². The van der Waals surface area contributed by atoms with Gasteiger partial charge in [-0.05, 0) is 17.8 Å². The van der Waals surface area contributed by atoms with E-state index in [4.69, 9.17) is 0 Å². The summed E-state index contributed by atoms with van der Waals surface area (Å²) in [6, 6.07) is 0.642.